The Morgan fingerprint density at radius 2 is 1.83 bits per heavy atom. The van der Waals surface area contributed by atoms with Crippen molar-refractivity contribution in [1.29, 1.82) is 0 Å². The van der Waals surface area contributed by atoms with Crippen LogP contribution in [-0.4, -0.2) is 24.4 Å². The molecule has 90 valence electrons. The summed E-state index contributed by atoms with van der Waals surface area (Å²) >= 11 is 0. The highest BCUT2D eigenvalue weighted by Gasteiger charge is 2.20. The summed E-state index contributed by atoms with van der Waals surface area (Å²) in [6.07, 6.45) is 3.24. The van der Waals surface area contributed by atoms with Crippen molar-refractivity contribution >= 4 is 11.9 Å². The number of nitrogens with zero attached hydrogens (tertiary/aromatic N) is 1. The van der Waals surface area contributed by atoms with Crippen molar-refractivity contribution in [2.45, 2.75) is 6.42 Å². The van der Waals surface area contributed by atoms with Crippen LogP contribution in [0.3, 0.4) is 0 Å². The number of rotatable bonds is 2. The maximum Gasteiger partial charge on any atom is 0.205 e. The van der Waals surface area contributed by atoms with Crippen LogP contribution in [0.1, 0.15) is 11.1 Å². The second-order valence-corrected chi connectivity index (χ2v) is 4.44. The molecule has 0 spiro atoms. The van der Waals surface area contributed by atoms with E-state index < -0.39 is 0 Å². The number of benzene rings is 2. The predicted octanol–water partition coefficient (Wildman–Crippen LogP) is 3.01. The van der Waals surface area contributed by atoms with E-state index in [1.54, 1.807) is 7.11 Å². The number of hydrogen-bond acceptors (Lipinski definition) is 1. The first-order valence-corrected chi connectivity index (χ1v) is 6.21. The van der Waals surface area contributed by atoms with Crippen LogP contribution in [0.2, 0.25) is 0 Å². The molecule has 18 heavy (non-hydrogen) atoms. The first-order chi connectivity index (χ1) is 8.88. The topological polar surface area (TPSA) is 12.2 Å². The van der Waals surface area contributed by atoms with Crippen molar-refractivity contribution in [3.8, 4) is 5.75 Å². The molecule has 2 nitrogen and oxygen atoms in total. The summed E-state index contributed by atoms with van der Waals surface area (Å²) in [4.78, 5) is 0. The fourth-order valence-electron chi connectivity index (χ4n) is 2.42. The lowest BCUT2D eigenvalue weighted by atomic mass is 10.0. The average Bonchev–Trinajstić information content (AvgIpc) is 2.47. The van der Waals surface area contributed by atoms with E-state index in [4.69, 9.17) is 4.74 Å². The van der Waals surface area contributed by atoms with E-state index >= 15 is 0 Å². The van der Waals surface area contributed by atoms with E-state index in [0.29, 0.717) is 0 Å². The quantitative estimate of drug-likeness (QED) is 0.732. The Morgan fingerprint density at radius 3 is 2.61 bits per heavy atom. The van der Waals surface area contributed by atoms with Gasteiger partial charge in [0.15, 0.2) is 12.8 Å². The number of methoxy groups -OCH3 is 1. The third-order valence-electron chi connectivity index (χ3n) is 3.37. The van der Waals surface area contributed by atoms with Crippen LogP contribution in [0.25, 0.3) is 0 Å². The molecule has 1 aliphatic heterocycles. The van der Waals surface area contributed by atoms with Gasteiger partial charge in [-0.25, -0.2) is 0 Å². The molecule has 0 radical (unpaired) electrons. The minimum absolute atomic E-state index is 0.952. The summed E-state index contributed by atoms with van der Waals surface area (Å²) in [5, 5.41) is 0. The van der Waals surface area contributed by atoms with Crippen LogP contribution in [0.5, 0.6) is 5.75 Å². The van der Waals surface area contributed by atoms with E-state index in [2.05, 4.69) is 47.2 Å². The zero-order valence-corrected chi connectivity index (χ0v) is 10.5. The zero-order valence-electron chi connectivity index (χ0n) is 10.5. The number of ether oxygens (including phenoxy) is 1. The van der Waals surface area contributed by atoms with Gasteiger partial charge in [-0.1, -0.05) is 30.3 Å². The van der Waals surface area contributed by atoms with Crippen molar-refractivity contribution in [3.05, 3.63) is 59.7 Å². The van der Waals surface area contributed by atoms with Gasteiger partial charge in [-0.15, -0.1) is 0 Å². The molecule has 0 unspecified atom stereocenters. The Balaban J connectivity index is 2.08. The van der Waals surface area contributed by atoms with Crippen LogP contribution < -0.4 is 4.74 Å². The summed E-state index contributed by atoms with van der Waals surface area (Å²) < 4.78 is 7.72. The van der Waals surface area contributed by atoms with Gasteiger partial charge in [0.25, 0.3) is 0 Å². The van der Waals surface area contributed by atoms with E-state index in [0.717, 1.165) is 18.7 Å². The van der Waals surface area contributed by atoms with E-state index in [-0.39, 0.29) is 0 Å². The summed E-state index contributed by atoms with van der Waals surface area (Å²) in [7, 11) is 1.73. The number of hydrogen-bond donors (Lipinski definition) is 0. The van der Waals surface area contributed by atoms with Crippen molar-refractivity contribution in [3.63, 3.8) is 0 Å². The van der Waals surface area contributed by atoms with Gasteiger partial charge in [0.1, 0.15) is 5.75 Å². The molecule has 0 fully saturated rings. The van der Waals surface area contributed by atoms with E-state index in [1.165, 1.54) is 16.8 Å². The Labute approximate surface area is 107 Å². The van der Waals surface area contributed by atoms with Gasteiger partial charge in [-0.2, -0.15) is 4.58 Å². The normalized spacial score (nSPS) is 13.7. The molecule has 0 aromatic heterocycles. The Bertz CT molecular complexity index is 587. The maximum absolute atomic E-state index is 5.44. The van der Waals surface area contributed by atoms with E-state index in [9.17, 15) is 0 Å². The lowest BCUT2D eigenvalue weighted by molar-refractivity contribution is -0.436. The molecule has 2 aromatic carbocycles. The molecule has 3 rings (SSSR count). The van der Waals surface area contributed by atoms with Gasteiger partial charge in [0.05, 0.1) is 12.7 Å². The summed E-state index contributed by atoms with van der Waals surface area (Å²) in [5.41, 5.74) is 3.80. The smallest absolute Gasteiger partial charge is 0.205 e. The van der Waals surface area contributed by atoms with Crippen LogP contribution in [0.15, 0.2) is 48.5 Å². The minimum Gasteiger partial charge on any atom is -0.496 e. The first kappa shape index (κ1) is 11.0. The summed E-state index contributed by atoms with van der Waals surface area (Å²) in [6, 6.07) is 16.7. The standard InChI is InChI=1S/C16H16NO/c1-18-16-9-5-6-13-10-11-17(12-15(13)16)14-7-3-2-4-8-14/h2-9,12H,10-11H2,1H3/q+1. The van der Waals surface area contributed by atoms with Gasteiger partial charge < -0.3 is 4.74 Å². The van der Waals surface area contributed by atoms with Crippen LogP contribution in [0.4, 0.5) is 5.69 Å². The molecule has 0 aliphatic carbocycles. The van der Waals surface area contributed by atoms with Crippen molar-refractivity contribution in [2.24, 2.45) is 0 Å². The van der Waals surface area contributed by atoms with Gasteiger partial charge in [-0.3, -0.25) is 0 Å². The lowest BCUT2D eigenvalue weighted by Crippen LogP contribution is -2.19. The highest BCUT2D eigenvalue weighted by molar-refractivity contribution is 5.83. The van der Waals surface area contributed by atoms with Gasteiger partial charge in [0.2, 0.25) is 5.69 Å². The Hall–Kier alpha value is -2.09. The SMILES string of the molecule is COc1cccc2c1C=[N+](c1ccccc1)CC2. The second-order valence-electron chi connectivity index (χ2n) is 4.44. The average molecular weight is 238 g/mol. The minimum atomic E-state index is 0.952. The molecule has 1 aliphatic rings. The first-order valence-electron chi connectivity index (χ1n) is 6.21. The molecule has 0 N–H and O–H groups in total. The highest BCUT2D eigenvalue weighted by atomic mass is 16.5. The molecule has 2 aromatic rings. The molecule has 2 heteroatoms. The highest BCUT2D eigenvalue weighted by Crippen LogP contribution is 2.25. The van der Waals surface area contributed by atoms with Gasteiger partial charge in [-0.05, 0) is 11.6 Å². The van der Waals surface area contributed by atoms with Gasteiger partial charge in [0, 0.05) is 18.6 Å². The van der Waals surface area contributed by atoms with Gasteiger partial charge >= 0.3 is 0 Å². The number of fused-ring (bicyclic) bond motifs is 1. The number of para-hydroxylation sites is 1. The fraction of sp³-hybridized carbons (Fsp3) is 0.188. The molecule has 0 amide bonds. The fourth-order valence-corrected chi connectivity index (χ4v) is 2.42. The predicted molar refractivity (Wildman–Crippen MR) is 73.1 cm³/mol. The second kappa shape index (κ2) is 4.65. The zero-order chi connectivity index (χ0) is 12.4. The molecule has 0 saturated carbocycles. The summed E-state index contributed by atoms with van der Waals surface area (Å²) in [5.74, 6) is 0.952. The maximum atomic E-state index is 5.44. The molecular weight excluding hydrogens is 222 g/mol. The van der Waals surface area contributed by atoms with Crippen LogP contribution >= 0.6 is 0 Å². The molecule has 0 saturated heterocycles. The van der Waals surface area contributed by atoms with Crippen molar-refractivity contribution in [2.75, 3.05) is 13.7 Å². The van der Waals surface area contributed by atoms with Crippen LogP contribution in [-0.2, 0) is 6.42 Å². The third kappa shape index (κ3) is 1.90. The molecule has 1 heterocycles. The van der Waals surface area contributed by atoms with E-state index in [1.807, 2.05) is 12.1 Å². The monoisotopic (exact) mass is 238 g/mol. The van der Waals surface area contributed by atoms with Crippen LogP contribution in [0, 0.1) is 0 Å². The largest absolute Gasteiger partial charge is 0.496 e. The Morgan fingerprint density at radius 1 is 1.00 bits per heavy atom. The molecular formula is C16H16NO+. The third-order valence-corrected chi connectivity index (χ3v) is 3.37. The molecule has 0 atom stereocenters. The Kier molecular flexibility index (Phi) is 2.85. The van der Waals surface area contributed by atoms with Crippen molar-refractivity contribution < 1.29 is 9.31 Å². The lowest BCUT2D eigenvalue weighted by Gasteiger charge is -2.14. The van der Waals surface area contributed by atoms with Crippen molar-refractivity contribution in [1.82, 2.24) is 0 Å². The summed E-state index contributed by atoms with van der Waals surface area (Å²) in [6.45, 7) is 1.02. The molecule has 0 bridgehead atoms.